The predicted molar refractivity (Wildman–Crippen MR) is 103 cm³/mol. The number of piperidine rings is 1. The number of halogens is 1. The molecule has 1 aliphatic rings. The Morgan fingerprint density at radius 1 is 1.00 bits per heavy atom. The maximum absolute atomic E-state index is 12.4. The van der Waals surface area contributed by atoms with Crippen LogP contribution in [0.5, 0.6) is 0 Å². The van der Waals surface area contributed by atoms with Crippen molar-refractivity contribution in [3.63, 3.8) is 0 Å². The Balaban J connectivity index is 1.41. The standard InChI is InChI=1S/C21H23ClN2O2/c22-18-9-6-16(7-10-18)8-11-20(25)23-19-12-14-24(15-13-19)21(26)17-4-2-1-3-5-17/h1-7,9-10,19H,8,11-15H2,(H,23,25). The topological polar surface area (TPSA) is 49.4 Å². The highest BCUT2D eigenvalue weighted by Crippen LogP contribution is 2.15. The number of likely N-dealkylation sites (tertiary alicyclic amines) is 1. The third-order valence-electron chi connectivity index (χ3n) is 4.72. The van der Waals surface area contributed by atoms with E-state index in [0.29, 0.717) is 31.0 Å². The summed E-state index contributed by atoms with van der Waals surface area (Å²) < 4.78 is 0. The van der Waals surface area contributed by atoms with Crippen LogP contribution in [0.15, 0.2) is 54.6 Å². The second-order valence-electron chi connectivity index (χ2n) is 6.63. The van der Waals surface area contributed by atoms with Gasteiger partial charge in [-0.1, -0.05) is 41.9 Å². The van der Waals surface area contributed by atoms with Crippen molar-refractivity contribution in [2.75, 3.05) is 13.1 Å². The van der Waals surface area contributed by atoms with Crippen molar-refractivity contribution in [1.29, 1.82) is 0 Å². The Bertz CT molecular complexity index is 738. The summed E-state index contributed by atoms with van der Waals surface area (Å²) in [5.74, 6) is 0.130. The highest BCUT2D eigenvalue weighted by Gasteiger charge is 2.24. The predicted octanol–water partition coefficient (Wildman–Crippen LogP) is 3.69. The Morgan fingerprint density at radius 2 is 1.65 bits per heavy atom. The van der Waals surface area contributed by atoms with E-state index in [9.17, 15) is 9.59 Å². The van der Waals surface area contributed by atoms with E-state index in [1.165, 1.54) is 0 Å². The van der Waals surface area contributed by atoms with E-state index >= 15 is 0 Å². The third-order valence-corrected chi connectivity index (χ3v) is 4.97. The van der Waals surface area contributed by atoms with Crippen molar-refractivity contribution in [2.24, 2.45) is 0 Å². The van der Waals surface area contributed by atoms with Crippen LogP contribution < -0.4 is 5.32 Å². The molecule has 1 aliphatic heterocycles. The number of rotatable bonds is 5. The molecule has 0 aliphatic carbocycles. The van der Waals surface area contributed by atoms with Crippen LogP contribution in [0.3, 0.4) is 0 Å². The summed E-state index contributed by atoms with van der Waals surface area (Å²) in [6.45, 7) is 1.35. The van der Waals surface area contributed by atoms with Gasteiger partial charge in [0.1, 0.15) is 0 Å². The third kappa shape index (κ3) is 5.09. The molecule has 136 valence electrons. The minimum Gasteiger partial charge on any atom is -0.353 e. The number of carbonyl (C=O) groups excluding carboxylic acids is 2. The number of hydrogen-bond donors (Lipinski definition) is 1. The lowest BCUT2D eigenvalue weighted by Crippen LogP contribution is -2.46. The fourth-order valence-corrected chi connectivity index (χ4v) is 3.32. The minimum absolute atomic E-state index is 0.0628. The summed E-state index contributed by atoms with van der Waals surface area (Å²) in [7, 11) is 0. The molecule has 4 nitrogen and oxygen atoms in total. The van der Waals surface area contributed by atoms with E-state index in [4.69, 9.17) is 11.6 Å². The van der Waals surface area contributed by atoms with Gasteiger partial charge in [-0.15, -0.1) is 0 Å². The Hall–Kier alpha value is -2.33. The largest absolute Gasteiger partial charge is 0.353 e. The maximum atomic E-state index is 12.4. The van der Waals surface area contributed by atoms with Gasteiger partial charge in [-0.2, -0.15) is 0 Å². The molecule has 2 amide bonds. The van der Waals surface area contributed by atoms with E-state index in [0.717, 1.165) is 24.0 Å². The van der Waals surface area contributed by atoms with Gasteiger partial charge in [0.2, 0.25) is 5.91 Å². The van der Waals surface area contributed by atoms with Crippen LogP contribution in [-0.4, -0.2) is 35.8 Å². The monoisotopic (exact) mass is 370 g/mol. The first-order chi connectivity index (χ1) is 12.6. The summed E-state index contributed by atoms with van der Waals surface area (Å²) in [5.41, 5.74) is 1.82. The zero-order valence-electron chi connectivity index (χ0n) is 14.7. The summed E-state index contributed by atoms with van der Waals surface area (Å²) in [4.78, 5) is 26.5. The second kappa shape index (κ2) is 8.86. The van der Waals surface area contributed by atoms with Gasteiger partial charge in [-0.3, -0.25) is 9.59 Å². The van der Waals surface area contributed by atoms with Crippen molar-refractivity contribution >= 4 is 23.4 Å². The van der Waals surface area contributed by atoms with Gasteiger partial charge >= 0.3 is 0 Å². The fourth-order valence-electron chi connectivity index (χ4n) is 3.20. The molecule has 2 aromatic carbocycles. The summed E-state index contributed by atoms with van der Waals surface area (Å²) in [6.07, 6.45) is 2.76. The fraction of sp³-hybridized carbons (Fsp3) is 0.333. The van der Waals surface area contributed by atoms with Crippen LogP contribution in [0.4, 0.5) is 0 Å². The zero-order valence-corrected chi connectivity index (χ0v) is 15.4. The Morgan fingerprint density at radius 3 is 2.31 bits per heavy atom. The van der Waals surface area contributed by atoms with Gasteiger partial charge in [0, 0.05) is 36.1 Å². The molecule has 0 unspecified atom stereocenters. The average molecular weight is 371 g/mol. The quantitative estimate of drug-likeness (QED) is 0.872. The highest BCUT2D eigenvalue weighted by molar-refractivity contribution is 6.30. The number of amides is 2. The van der Waals surface area contributed by atoms with Gasteiger partial charge in [-0.05, 0) is 49.1 Å². The van der Waals surface area contributed by atoms with E-state index < -0.39 is 0 Å². The number of hydrogen-bond acceptors (Lipinski definition) is 2. The average Bonchev–Trinajstić information content (AvgIpc) is 2.68. The molecule has 0 atom stereocenters. The molecule has 0 radical (unpaired) electrons. The minimum atomic E-state index is 0.0628. The van der Waals surface area contributed by atoms with E-state index in [1.807, 2.05) is 59.5 Å². The molecule has 1 saturated heterocycles. The summed E-state index contributed by atoms with van der Waals surface area (Å²) in [6, 6.07) is 17.1. The lowest BCUT2D eigenvalue weighted by atomic mass is 10.0. The molecule has 5 heteroatoms. The van der Waals surface area contributed by atoms with Crippen LogP contribution in [-0.2, 0) is 11.2 Å². The Kier molecular flexibility index (Phi) is 6.29. The first kappa shape index (κ1) is 18.5. The molecular formula is C21H23ClN2O2. The first-order valence-electron chi connectivity index (χ1n) is 9.00. The molecule has 3 rings (SSSR count). The van der Waals surface area contributed by atoms with Gasteiger partial charge in [0.15, 0.2) is 0 Å². The molecule has 0 spiro atoms. The highest BCUT2D eigenvalue weighted by atomic mass is 35.5. The normalized spacial score (nSPS) is 14.9. The van der Waals surface area contributed by atoms with Crippen LogP contribution in [0.25, 0.3) is 0 Å². The second-order valence-corrected chi connectivity index (χ2v) is 7.06. The van der Waals surface area contributed by atoms with Crippen LogP contribution in [0.1, 0.15) is 35.2 Å². The van der Waals surface area contributed by atoms with Gasteiger partial charge in [-0.25, -0.2) is 0 Å². The number of nitrogens with one attached hydrogen (secondary N) is 1. The SMILES string of the molecule is O=C(CCc1ccc(Cl)cc1)NC1CCN(C(=O)c2ccccc2)CC1. The molecule has 1 N–H and O–H groups in total. The number of benzene rings is 2. The molecule has 1 fully saturated rings. The molecule has 2 aromatic rings. The van der Waals surface area contributed by atoms with Crippen molar-refractivity contribution < 1.29 is 9.59 Å². The van der Waals surface area contributed by atoms with Crippen molar-refractivity contribution in [3.8, 4) is 0 Å². The van der Waals surface area contributed by atoms with Crippen molar-refractivity contribution in [1.82, 2.24) is 10.2 Å². The summed E-state index contributed by atoms with van der Waals surface area (Å²) in [5, 5.41) is 3.80. The molecule has 0 saturated carbocycles. The number of aryl methyl sites for hydroxylation is 1. The van der Waals surface area contributed by atoms with Crippen LogP contribution in [0.2, 0.25) is 5.02 Å². The molecule has 0 bridgehead atoms. The molecule has 1 heterocycles. The molecule has 26 heavy (non-hydrogen) atoms. The van der Waals surface area contributed by atoms with Gasteiger partial charge in [0.05, 0.1) is 0 Å². The smallest absolute Gasteiger partial charge is 0.253 e. The first-order valence-corrected chi connectivity index (χ1v) is 9.38. The lowest BCUT2D eigenvalue weighted by Gasteiger charge is -2.32. The van der Waals surface area contributed by atoms with Crippen molar-refractivity contribution in [2.45, 2.75) is 31.7 Å². The summed E-state index contributed by atoms with van der Waals surface area (Å²) >= 11 is 5.87. The Labute approximate surface area is 159 Å². The van der Waals surface area contributed by atoms with E-state index in [2.05, 4.69) is 5.32 Å². The maximum Gasteiger partial charge on any atom is 0.253 e. The lowest BCUT2D eigenvalue weighted by molar-refractivity contribution is -0.122. The molecule has 0 aromatic heterocycles. The van der Waals surface area contributed by atoms with Crippen molar-refractivity contribution in [3.05, 3.63) is 70.7 Å². The molecular weight excluding hydrogens is 348 g/mol. The zero-order chi connectivity index (χ0) is 18.4. The van der Waals surface area contributed by atoms with E-state index in [-0.39, 0.29) is 17.9 Å². The van der Waals surface area contributed by atoms with Crippen LogP contribution in [0, 0.1) is 0 Å². The number of nitrogens with zero attached hydrogens (tertiary/aromatic N) is 1. The number of carbonyl (C=O) groups is 2. The van der Waals surface area contributed by atoms with Gasteiger partial charge < -0.3 is 10.2 Å². The van der Waals surface area contributed by atoms with Gasteiger partial charge in [0.25, 0.3) is 5.91 Å². The van der Waals surface area contributed by atoms with Crippen LogP contribution >= 0.6 is 11.6 Å². The van der Waals surface area contributed by atoms with E-state index in [1.54, 1.807) is 0 Å².